The highest BCUT2D eigenvalue weighted by atomic mass is 35.5. The van der Waals surface area contributed by atoms with E-state index in [4.69, 9.17) is 11.6 Å². The van der Waals surface area contributed by atoms with Crippen molar-refractivity contribution in [1.29, 1.82) is 0 Å². The van der Waals surface area contributed by atoms with Crippen LogP contribution in [-0.4, -0.2) is 63.5 Å². The number of aliphatic hydroxyl groups excluding tert-OH is 1. The molecule has 3 atom stereocenters. The van der Waals surface area contributed by atoms with Crippen molar-refractivity contribution < 1.29 is 33.4 Å². The standard InChI is InChI=1S/C30H30ClF2N3O5/c1-18-21(11-7-13-25(18)37)27(39)35-23(14-19-8-3-2-4-9-19)26(38)29(41)36-17-30(32,33)15-24(36)28(40)34-16-20-10-5-6-12-22(20)31/h2-13,23-24,26,37-38H,14-17H2,1H3,(H,34,40)(H,35,39)/t23?,24-,26-/m0/s1. The molecule has 0 aromatic heterocycles. The molecular weight excluding hydrogens is 556 g/mol. The Balaban J connectivity index is 1.55. The summed E-state index contributed by atoms with van der Waals surface area (Å²) in [6.45, 7) is 0.433. The molecule has 1 aliphatic heterocycles. The highest BCUT2D eigenvalue weighted by Crippen LogP contribution is 2.33. The maximum atomic E-state index is 14.5. The molecule has 4 rings (SSSR count). The van der Waals surface area contributed by atoms with Crippen LogP contribution in [0.25, 0.3) is 0 Å². The molecule has 1 saturated heterocycles. The second-order valence-corrected chi connectivity index (χ2v) is 10.4. The summed E-state index contributed by atoms with van der Waals surface area (Å²) in [4.78, 5) is 40.3. The van der Waals surface area contributed by atoms with Crippen LogP contribution >= 0.6 is 11.6 Å². The summed E-state index contributed by atoms with van der Waals surface area (Å²) in [7, 11) is 0. The zero-order valence-corrected chi connectivity index (χ0v) is 22.9. The third-order valence-electron chi connectivity index (χ3n) is 7.07. The number of carbonyl (C=O) groups excluding carboxylic acids is 3. The molecule has 0 saturated carbocycles. The lowest BCUT2D eigenvalue weighted by Gasteiger charge is -2.30. The molecular formula is C30H30ClF2N3O5. The Morgan fingerprint density at radius 3 is 2.44 bits per heavy atom. The number of rotatable bonds is 9. The first kappa shape index (κ1) is 30.0. The highest BCUT2D eigenvalue weighted by molar-refractivity contribution is 6.31. The number of likely N-dealkylation sites (tertiary alicyclic amines) is 1. The second kappa shape index (κ2) is 12.7. The topological polar surface area (TPSA) is 119 Å². The normalized spacial score (nSPS) is 17.5. The van der Waals surface area contributed by atoms with Crippen LogP contribution in [0.15, 0.2) is 72.8 Å². The average molecular weight is 586 g/mol. The average Bonchev–Trinajstić information content (AvgIpc) is 3.28. The van der Waals surface area contributed by atoms with Gasteiger partial charge in [-0.3, -0.25) is 14.4 Å². The quantitative estimate of drug-likeness (QED) is 0.306. The maximum Gasteiger partial charge on any atom is 0.267 e. The van der Waals surface area contributed by atoms with Crippen molar-refractivity contribution >= 4 is 29.3 Å². The van der Waals surface area contributed by atoms with Crippen LogP contribution in [0.4, 0.5) is 8.78 Å². The largest absolute Gasteiger partial charge is 0.508 e. The lowest BCUT2D eigenvalue weighted by atomic mass is 9.98. The zero-order valence-electron chi connectivity index (χ0n) is 22.2. The smallest absolute Gasteiger partial charge is 0.267 e. The van der Waals surface area contributed by atoms with Gasteiger partial charge < -0.3 is 25.7 Å². The number of aromatic hydroxyl groups is 1. The fraction of sp³-hybridized carbons (Fsp3) is 0.300. The number of carbonyl (C=O) groups is 3. The van der Waals surface area contributed by atoms with Crippen molar-refractivity contribution in [3.05, 3.63) is 100 Å². The fourth-order valence-electron chi connectivity index (χ4n) is 4.79. The molecule has 1 heterocycles. The van der Waals surface area contributed by atoms with Gasteiger partial charge in [0.25, 0.3) is 17.7 Å². The van der Waals surface area contributed by atoms with Gasteiger partial charge in [0.1, 0.15) is 11.8 Å². The van der Waals surface area contributed by atoms with E-state index in [-0.39, 0.29) is 24.3 Å². The molecule has 0 bridgehead atoms. The van der Waals surface area contributed by atoms with E-state index in [1.807, 2.05) is 0 Å². The number of benzene rings is 3. The molecule has 11 heteroatoms. The number of nitrogens with one attached hydrogen (secondary N) is 2. The first-order valence-corrected chi connectivity index (χ1v) is 13.4. The number of amides is 3. The number of phenolic OH excluding ortho intramolecular Hbond substituents is 1. The van der Waals surface area contributed by atoms with E-state index >= 15 is 0 Å². The van der Waals surface area contributed by atoms with E-state index < -0.39 is 54.8 Å². The summed E-state index contributed by atoms with van der Waals surface area (Å²) in [6.07, 6.45) is -2.88. The van der Waals surface area contributed by atoms with E-state index in [0.29, 0.717) is 26.6 Å². The molecule has 0 aliphatic carbocycles. The minimum Gasteiger partial charge on any atom is -0.508 e. The zero-order chi connectivity index (χ0) is 29.7. The predicted molar refractivity (Wildman–Crippen MR) is 149 cm³/mol. The second-order valence-electron chi connectivity index (χ2n) is 10.0. The van der Waals surface area contributed by atoms with Crippen LogP contribution in [0, 0.1) is 6.92 Å². The Hall–Kier alpha value is -4.02. The number of nitrogens with zero attached hydrogens (tertiary/aromatic N) is 1. The summed E-state index contributed by atoms with van der Waals surface area (Å²) < 4.78 is 29.1. The Labute approximate surface area is 240 Å². The maximum absolute atomic E-state index is 14.5. The summed E-state index contributed by atoms with van der Waals surface area (Å²) in [5.74, 6) is -6.08. The van der Waals surface area contributed by atoms with Crippen molar-refractivity contribution in [2.75, 3.05) is 6.54 Å². The number of aliphatic hydroxyl groups is 1. The van der Waals surface area contributed by atoms with Gasteiger partial charge in [-0.2, -0.15) is 0 Å². The van der Waals surface area contributed by atoms with Gasteiger partial charge in [-0.05, 0) is 42.7 Å². The number of alkyl halides is 2. The number of hydrogen-bond acceptors (Lipinski definition) is 5. The Morgan fingerprint density at radius 2 is 1.73 bits per heavy atom. The van der Waals surface area contributed by atoms with Crippen LogP contribution in [0.3, 0.4) is 0 Å². The molecule has 1 aliphatic rings. The number of hydrogen-bond donors (Lipinski definition) is 4. The van der Waals surface area contributed by atoms with Gasteiger partial charge in [-0.15, -0.1) is 0 Å². The van der Waals surface area contributed by atoms with Crippen molar-refractivity contribution in [2.45, 2.75) is 50.4 Å². The summed E-state index contributed by atoms with van der Waals surface area (Å²) in [6, 6.07) is 17.0. The minimum atomic E-state index is -3.36. The fourth-order valence-corrected chi connectivity index (χ4v) is 4.99. The van der Waals surface area contributed by atoms with Gasteiger partial charge in [0, 0.05) is 29.1 Å². The lowest BCUT2D eigenvalue weighted by molar-refractivity contribution is -0.147. The molecule has 4 N–H and O–H groups in total. The minimum absolute atomic E-state index is 0.00898. The Kier molecular flexibility index (Phi) is 9.25. The van der Waals surface area contributed by atoms with Crippen LogP contribution in [0.1, 0.15) is 33.5 Å². The molecule has 216 valence electrons. The third kappa shape index (κ3) is 7.20. The van der Waals surface area contributed by atoms with Crippen molar-refractivity contribution in [1.82, 2.24) is 15.5 Å². The molecule has 0 radical (unpaired) electrons. The first-order valence-electron chi connectivity index (χ1n) is 13.0. The monoisotopic (exact) mass is 585 g/mol. The van der Waals surface area contributed by atoms with Gasteiger partial charge in [-0.25, -0.2) is 8.78 Å². The Bertz CT molecular complexity index is 1420. The first-order chi connectivity index (χ1) is 19.5. The molecule has 1 unspecified atom stereocenters. The molecule has 0 spiro atoms. The number of phenols is 1. The molecule has 3 aromatic rings. The molecule has 3 aromatic carbocycles. The van der Waals surface area contributed by atoms with E-state index in [0.717, 1.165) is 0 Å². The van der Waals surface area contributed by atoms with Crippen LogP contribution in [-0.2, 0) is 22.6 Å². The van der Waals surface area contributed by atoms with Gasteiger partial charge in [0.05, 0.1) is 12.6 Å². The van der Waals surface area contributed by atoms with Crippen LogP contribution in [0.5, 0.6) is 5.75 Å². The molecule has 41 heavy (non-hydrogen) atoms. The summed E-state index contributed by atoms with van der Waals surface area (Å²) in [5.41, 5.74) is 1.64. The molecule has 1 fully saturated rings. The summed E-state index contributed by atoms with van der Waals surface area (Å²) in [5, 5.41) is 26.8. The van der Waals surface area contributed by atoms with Gasteiger partial charge in [-0.1, -0.05) is 66.2 Å². The predicted octanol–water partition coefficient (Wildman–Crippen LogP) is 3.61. The van der Waals surface area contributed by atoms with Crippen molar-refractivity contribution in [3.63, 3.8) is 0 Å². The molecule has 3 amide bonds. The van der Waals surface area contributed by atoms with Gasteiger partial charge in [0.2, 0.25) is 5.91 Å². The van der Waals surface area contributed by atoms with E-state index in [9.17, 15) is 33.4 Å². The lowest BCUT2D eigenvalue weighted by Crippen LogP contribution is -2.56. The van der Waals surface area contributed by atoms with E-state index in [1.54, 1.807) is 54.6 Å². The van der Waals surface area contributed by atoms with Crippen LogP contribution < -0.4 is 10.6 Å². The third-order valence-corrected chi connectivity index (χ3v) is 7.43. The van der Waals surface area contributed by atoms with Crippen molar-refractivity contribution in [2.24, 2.45) is 0 Å². The van der Waals surface area contributed by atoms with Crippen LogP contribution in [0.2, 0.25) is 5.02 Å². The Morgan fingerprint density at radius 1 is 1.05 bits per heavy atom. The SMILES string of the molecule is Cc1c(O)cccc1C(=O)NC(Cc1ccccc1)[C@H](O)C(=O)N1CC(F)(F)C[C@H]1C(=O)NCc1ccccc1Cl. The molecule has 8 nitrogen and oxygen atoms in total. The highest BCUT2D eigenvalue weighted by Gasteiger charge is 2.51. The van der Waals surface area contributed by atoms with E-state index in [2.05, 4.69) is 10.6 Å². The van der Waals surface area contributed by atoms with Crippen molar-refractivity contribution in [3.8, 4) is 5.75 Å². The van der Waals surface area contributed by atoms with Gasteiger partial charge in [0.15, 0.2) is 6.10 Å². The van der Waals surface area contributed by atoms with Gasteiger partial charge >= 0.3 is 0 Å². The van der Waals surface area contributed by atoms with E-state index in [1.165, 1.54) is 25.1 Å². The number of halogens is 3. The summed E-state index contributed by atoms with van der Waals surface area (Å²) >= 11 is 6.12.